The van der Waals surface area contributed by atoms with Gasteiger partial charge in [0.25, 0.3) is 10.0 Å². The third-order valence-corrected chi connectivity index (χ3v) is 7.59. The third kappa shape index (κ3) is 2.59. The summed E-state index contributed by atoms with van der Waals surface area (Å²) >= 11 is 1.19. The summed E-state index contributed by atoms with van der Waals surface area (Å²) in [5, 5.41) is 9.21. The van der Waals surface area contributed by atoms with Crippen molar-refractivity contribution in [3.05, 3.63) is 16.5 Å². The molecule has 1 saturated heterocycles. The normalized spacial score (nSPS) is 25.1. The Morgan fingerprint density at radius 1 is 1.47 bits per heavy atom. The molecule has 19 heavy (non-hydrogen) atoms. The van der Waals surface area contributed by atoms with Crippen molar-refractivity contribution in [3.8, 4) is 0 Å². The van der Waals surface area contributed by atoms with Gasteiger partial charge in [-0.1, -0.05) is 6.92 Å². The van der Waals surface area contributed by atoms with E-state index in [0.717, 1.165) is 29.7 Å². The van der Waals surface area contributed by atoms with Crippen LogP contribution in [0.15, 0.2) is 10.3 Å². The Morgan fingerprint density at radius 3 is 2.68 bits per heavy atom. The number of aliphatic hydroxyl groups excluding tert-OH is 1. The molecule has 2 rings (SSSR count). The average molecular weight is 303 g/mol. The predicted octanol–water partition coefficient (Wildman–Crippen LogP) is 2.50. The van der Waals surface area contributed by atoms with Gasteiger partial charge in [-0.2, -0.15) is 4.31 Å². The summed E-state index contributed by atoms with van der Waals surface area (Å²) in [6.07, 6.45) is 2.71. The molecule has 0 spiro atoms. The van der Waals surface area contributed by atoms with Crippen molar-refractivity contribution < 1.29 is 13.5 Å². The van der Waals surface area contributed by atoms with E-state index in [9.17, 15) is 13.5 Å². The smallest absolute Gasteiger partial charge is 0.253 e. The molecule has 108 valence electrons. The quantitative estimate of drug-likeness (QED) is 0.930. The second-order valence-corrected chi connectivity index (χ2v) is 8.36. The van der Waals surface area contributed by atoms with Crippen molar-refractivity contribution in [2.75, 3.05) is 0 Å². The van der Waals surface area contributed by atoms with Crippen LogP contribution in [-0.2, 0) is 16.6 Å². The van der Waals surface area contributed by atoms with Crippen LogP contribution in [-0.4, -0.2) is 29.9 Å². The van der Waals surface area contributed by atoms with Gasteiger partial charge in [-0.05, 0) is 44.7 Å². The Bertz CT molecular complexity index is 550. The lowest BCUT2D eigenvalue weighted by molar-refractivity contribution is 0.285. The zero-order valence-electron chi connectivity index (χ0n) is 11.6. The molecule has 4 nitrogen and oxygen atoms in total. The highest BCUT2D eigenvalue weighted by Crippen LogP contribution is 2.35. The Balaban J connectivity index is 2.40. The van der Waals surface area contributed by atoms with E-state index in [2.05, 4.69) is 0 Å². The van der Waals surface area contributed by atoms with Gasteiger partial charge < -0.3 is 5.11 Å². The van der Waals surface area contributed by atoms with Crippen molar-refractivity contribution in [1.29, 1.82) is 0 Å². The summed E-state index contributed by atoms with van der Waals surface area (Å²) in [6, 6.07) is 1.86. The molecule has 1 aliphatic rings. The van der Waals surface area contributed by atoms with Crippen LogP contribution in [0.5, 0.6) is 0 Å². The summed E-state index contributed by atoms with van der Waals surface area (Å²) in [5.41, 5.74) is 0.853. The van der Waals surface area contributed by atoms with Gasteiger partial charge in [0, 0.05) is 17.0 Å². The molecule has 0 radical (unpaired) electrons. The molecule has 2 atom stereocenters. The maximum absolute atomic E-state index is 12.8. The molecule has 2 unspecified atom stereocenters. The molecule has 0 aliphatic carbocycles. The first-order chi connectivity index (χ1) is 8.91. The fourth-order valence-electron chi connectivity index (χ4n) is 2.74. The average Bonchev–Trinajstić information content (AvgIpc) is 2.92. The highest BCUT2D eigenvalue weighted by molar-refractivity contribution is 7.91. The van der Waals surface area contributed by atoms with Crippen LogP contribution < -0.4 is 0 Å². The van der Waals surface area contributed by atoms with Crippen molar-refractivity contribution in [2.24, 2.45) is 0 Å². The van der Waals surface area contributed by atoms with E-state index in [1.165, 1.54) is 11.3 Å². The fourth-order valence-corrected chi connectivity index (χ4v) is 6.25. The Morgan fingerprint density at radius 2 is 2.16 bits per heavy atom. The van der Waals surface area contributed by atoms with E-state index in [4.69, 9.17) is 0 Å². The molecule has 1 aromatic rings. The molecule has 1 aromatic heterocycles. The number of hydrogen-bond donors (Lipinski definition) is 1. The van der Waals surface area contributed by atoms with Gasteiger partial charge in [-0.15, -0.1) is 11.3 Å². The SMILES string of the molecule is CCC1CCC(C)N1S(=O)(=O)c1cc(C)c(CO)s1. The summed E-state index contributed by atoms with van der Waals surface area (Å²) in [6.45, 7) is 5.75. The number of sulfonamides is 1. The van der Waals surface area contributed by atoms with Crippen molar-refractivity contribution >= 4 is 21.4 Å². The Labute approximate surface area is 119 Å². The largest absolute Gasteiger partial charge is 0.391 e. The van der Waals surface area contributed by atoms with E-state index >= 15 is 0 Å². The molecule has 2 heterocycles. The molecule has 1 fully saturated rings. The summed E-state index contributed by atoms with van der Waals surface area (Å²) in [5.74, 6) is 0. The maximum atomic E-state index is 12.8. The highest BCUT2D eigenvalue weighted by Gasteiger charge is 2.39. The van der Waals surface area contributed by atoms with Crippen LogP contribution in [0.25, 0.3) is 0 Å². The van der Waals surface area contributed by atoms with Gasteiger partial charge in [-0.3, -0.25) is 0 Å². The second-order valence-electron chi connectivity index (χ2n) is 5.15. The van der Waals surface area contributed by atoms with Crippen molar-refractivity contribution in [1.82, 2.24) is 4.31 Å². The topological polar surface area (TPSA) is 57.6 Å². The number of thiophene rings is 1. The van der Waals surface area contributed by atoms with Crippen LogP contribution in [0.3, 0.4) is 0 Å². The highest BCUT2D eigenvalue weighted by atomic mass is 32.2. The monoisotopic (exact) mass is 303 g/mol. The standard InChI is InChI=1S/C13H21NO3S2/c1-4-11-6-5-10(3)14(11)19(16,17)13-7-9(2)12(8-15)18-13/h7,10-11,15H,4-6,8H2,1-3H3. The Kier molecular flexibility index (Phi) is 4.35. The molecule has 1 aliphatic heterocycles. The minimum atomic E-state index is -3.42. The number of nitrogens with zero attached hydrogens (tertiary/aromatic N) is 1. The molecule has 0 saturated carbocycles. The van der Waals surface area contributed by atoms with E-state index in [0.29, 0.717) is 4.21 Å². The minimum absolute atomic E-state index is 0.0648. The van der Waals surface area contributed by atoms with Crippen molar-refractivity contribution in [2.45, 2.75) is 62.9 Å². The summed E-state index contributed by atoms with van der Waals surface area (Å²) < 4.78 is 27.5. The first-order valence-corrected chi connectivity index (χ1v) is 8.91. The number of aryl methyl sites for hydroxylation is 1. The van der Waals surface area contributed by atoms with E-state index in [-0.39, 0.29) is 18.7 Å². The summed E-state index contributed by atoms with van der Waals surface area (Å²) in [4.78, 5) is 0.735. The molecule has 0 amide bonds. The Hall–Kier alpha value is -0.430. The first-order valence-electron chi connectivity index (χ1n) is 6.65. The number of hydrogen-bond acceptors (Lipinski definition) is 4. The first kappa shape index (κ1) is 15.0. The van der Waals surface area contributed by atoms with Gasteiger partial charge in [-0.25, -0.2) is 8.42 Å². The molecule has 0 aromatic carbocycles. The van der Waals surface area contributed by atoms with Crippen LogP contribution in [0.4, 0.5) is 0 Å². The maximum Gasteiger partial charge on any atom is 0.253 e. The fraction of sp³-hybridized carbons (Fsp3) is 0.692. The number of rotatable bonds is 4. The molecular formula is C13H21NO3S2. The van der Waals surface area contributed by atoms with Gasteiger partial charge in [0.15, 0.2) is 0 Å². The lowest BCUT2D eigenvalue weighted by Gasteiger charge is -2.26. The van der Waals surface area contributed by atoms with Gasteiger partial charge >= 0.3 is 0 Å². The molecule has 0 bridgehead atoms. The summed E-state index contributed by atoms with van der Waals surface area (Å²) in [7, 11) is -3.42. The van der Waals surface area contributed by atoms with Gasteiger partial charge in [0.2, 0.25) is 0 Å². The zero-order valence-corrected chi connectivity index (χ0v) is 13.2. The second kappa shape index (κ2) is 5.52. The van der Waals surface area contributed by atoms with Crippen LogP contribution in [0.2, 0.25) is 0 Å². The minimum Gasteiger partial charge on any atom is -0.391 e. The molecule has 1 N–H and O–H groups in total. The lowest BCUT2D eigenvalue weighted by atomic mass is 10.2. The van der Waals surface area contributed by atoms with Crippen LogP contribution in [0.1, 0.15) is 43.6 Å². The predicted molar refractivity (Wildman–Crippen MR) is 76.8 cm³/mol. The molecule has 6 heteroatoms. The number of aliphatic hydroxyl groups is 1. The van der Waals surface area contributed by atoms with E-state index < -0.39 is 10.0 Å². The van der Waals surface area contributed by atoms with E-state index in [1.807, 2.05) is 20.8 Å². The molecular weight excluding hydrogens is 282 g/mol. The van der Waals surface area contributed by atoms with Gasteiger partial charge in [0.1, 0.15) is 4.21 Å². The third-order valence-electron chi connectivity index (χ3n) is 3.86. The van der Waals surface area contributed by atoms with Crippen molar-refractivity contribution in [3.63, 3.8) is 0 Å². The zero-order chi connectivity index (χ0) is 14.2. The van der Waals surface area contributed by atoms with Crippen LogP contribution in [0, 0.1) is 6.92 Å². The van der Waals surface area contributed by atoms with Gasteiger partial charge in [0.05, 0.1) is 6.61 Å². The van der Waals surface area contributed by atoms with E-state index in [1.54, 1.807) is 10.4 Å². The van der Waals surface area contributed by atoms with Crippen LogP contribution >= 0.6 is 11.3 Å². The lowest BCUT2D eigenvalue weighted by Crippen LogP contribution is -2.39.